The molecule has 4 atom stereocenters. The largest absolute Gasteiger partial charge is 0.378 e. The van der Waals surface area contributed by atoms with Crippen LogP contribution in [0.1, 0.15) is 18.5 Å². The number of hydrogen-bond acceptors (Lipinski definition) is 4. The monoisotopic (exact) mass is 368 g/mol. The van der Waals surface area contributed by atoms with Crippen LogP contribution in [0, 0.1) is 30.6 Å². The minimum absolute atomic E-state index is 0.0211. The van der Waals surface area contributed by atoms with Gasteiger partial charge in [-0.25, -0.2) is 9.78 Å². The van der Waals surface area contributed by atoms with E-state index < -0.39 is 0 Å². The van der Waals surface area contributed by atoms with E-state index in [1.807, 2.05) is 24.0 Å². The normalized spacial score (nSPS) is 31.9. The molecule has 3 heterocycles. The molecule has 6 rings (SSSR count). The van der Waals surface area contributed by atoms with Crippen molar-refractivity contribution in [3.63, 3.8) is 0 Å². The van der Waals surface area contributed by atoms with E-state index in [4.69, 9.17) is 9.72 Å². The molecular formula is C21H28N4O2. The number of ether oxygens (including phenoxy) is 1. The number of aromatic nitrogens is 1. The molecule has 1 saturated carbocycles. The number of likely N-dealkylation sites (tertiary alicyclic amines) is 1. The number of allylic oxidation sites excluding steroid dienone is 2. The van der Waals surface area contributed by atoms with Crippen molar-refractivity contribution in [2.24, 2.45) is 23.7 Å². The Labute approximate surface area is 160 Å². The molecule has 5 aliphatic rings. The second kappa shape index (κ2) is 6.82. The molecule has 2 aliphatic heterocycles. The number of morpholine rings is 1. The quantitative estimate of drug-likeness (QED) is 0.816. The first-order chi connectivity index (χ1) is 13.2. The Morgan fingerprint density at radius 2 is 1.78 bits per heavy atom. The zero-order valence-electron chi connectivity index (χ0n) is 15.9. The molecule has 2 saturated heterocycles. The minimum atomic E-state index is 0.0211. The Balaban J connectivity index is 1.25. The van der Waals surface area contributed by atoms with Crippen molar-refractivity contribution in [1.82, 2.24) is 9.88 Å². The lowest BCUT2D eigenvalue weighted by atomic mass is 9.64. The van der Waals surface area contributed by atoms with E-state index in [9.17, 15) is 4.79 Å². The van der Waals surface area contributed by atoms with E-state index in [-0.39, 0.29) is 6.03 Å². The fourth-order valence-corrected chi connectivity index (χ4v) is 5.35. The van der Waals surface area contributed by atoms with Crippen molar-refractivity contribution < 1.29 is 9.53 Å². The van der Waals surface area contributed by atoms with Crippen LogP contribution in [0.5, 0.6) is 0 Å². The predicted molar refractivity (Wildman–Crippen MR) is 105 cm³/mol. The lowest BCUT2D eigenvalue weighted by Gasteiger charge is -2.40. The molecular weight excluding hydrogens is 340 g/mol. The SMILES string of the molecule is Cc1nc(N2CCOCC2)ccc1NC(=O)N1CC2C3C=CC(CC3)C2C1. The first-order valence-corrected chi connectivity index (χ1v) is 10.2. The summed E-state index contributed by atoms with van der Waals surface area (Å²) >= 11 is 0. The molecule has 1 N–H and O–H groups in total. The van der Waals surface area contributed by atoms with Crippen LogP contribution in [0.3, 0.4) is 0 Å². The summed E-state index contributed by atoms with van der Waals surface area (Å²) in [5.41, 5.74) is 1.68. The smallest absolute Gasteiger partial charge is 0.321 e. The molecule has 2 amide bonds. The van der Waals surface area contributed by atoms with Gasteiger partial charge in [-0.3, -0.25) is 0 Å². The lowest BCUT2D eigenvalue weighted by molar-refractivity contribution is 0.122. The van der Waals surface area contributed by atoms with Gasteiger partial charge in [-0.15, -0.1) is 0 Å². The van der Waals surface area contributed by atoms with Crippen LogP contribution in [-0.4, -0.2) is 55.3 Å². The maximum Gasteiger partial charge on any atom is 0.321 e. The number of hydrogen-bond donors (Lipinski definition) is 1. The number of urea groups is 1. The Morgan fingerprint density at radius 3 is 2.37 bits per heavy atom. The number of aryl methyl sites for hydroxylation is 1. The molecule has 27 heavy (non-hydrogen) atoms. The Morgan fingerprint density at radius 1 is 1.11 bits per heavy atom. The van der Waals surface area contributed by atoms with Crippen molar-refractivity contribution >= 4 is 17.5 Å². The number of carbonyl (C=O) groups excluding carboxylic acids is 1. The topological polar surface area (TPSA) is 57.7 Å². The van der Waals surface area contributed by atoms with E-state index in [1.165, 1.54) is 12.8 Å². The minimum Gasteiger partial charge on any atom is -0.378 e. The summed E-state index contributed by atoms with van der Waals surface area (Å²) in [6, 6.07) is 4.01. The highest BCUT2D eigenvalue weighted by Crippen LogP contribution is 2.48. The summed E-state index contributed by atoms with van der Waals surface area (Å²) in [5.74, 6) is 3.62. The molecule has 1 aromatic heterocycles. The zero-order valence-corrected chi connectivity index (χ0v) is 15.9. The van der Waals surface area contributed by atoms with Gasteiger partial charge in [0.15, 0.2) is 0 Å². The number of nitrogens with zero attached hydrogens (tertiary/aromatic N) is 3. The van der Waals surface area contributed by atoms with Gasteiger partial charge in [0.05, 0.1) is 24.6 Å². The van der Waals surface area contributed by atoms with Crippen LogP contribution in [0.4, 0.5) is 16.3 Å². The van der Waals surface area contributed by atoms with E-state index in [0.717, 1.165) is 56.6 Å². The Bertz CT molecular complexity index is 737. The molecule has 144 valence electrons. The van der Waals surface area contributed by atoms with Gasteiger partial charge in [-0.1, -0.05) is 12.2 Å². The van der Waals surface area contributed by atoms with Gasteiger partial charge in [0.1, 0.15) is 5.82 Å². The van der Waals surface area contributed by atoms with Crippen LogP contribution in [0.15, 0.2) is 24.3 Å². The van der Waals surface area contributed by atoms with Crippen LogP contribution in [0.2, 0.25) is 0 Å². The maximum atomic E-state index is 12.9. The van der Waals surface area contributed by atoms with Crippen molar-refractivity contribution in [3.05, 3.63) is 30.0 Å². The zero-order chi connectivity index (χ0) is 18.4. The molecule has 0 aromatic carbocycles. The number of nitrogens with one attached hydrogen (secondary N) is 1. The number of anilines is 2. The van der Waals surface area contributed by atoms with E-state index in [2.05, 4.69) is 22.4 Å². The third-order valence-corrected chi connectivity index (χ3v) is 6.89. The van der Waals surface area contributed by atoms with E-state index >= 15 is 0 Å². The third-order valence-electron chi connectivity index (χ3n) is 6.89. The van der Waals surface area contributed by atoms with Gasteiger partial charge in [-0.05, 0) is 55.6 Å². The second-order valence-corrected chi connectivity index (χ2v) is 8.35. The van der Waals surface area contributed by atoms with Crippen LogP contribution in [0.25, 0.3) is 0 Å². The average molecular weight is 368 g/mol. The highest BCUT2D eigenvalue weighted by atomic mass is 16.5. The molecule has 3 fully saturated rings. The van der Waals surface area contributed by atoms with E-state index in [1.54, 1.807) is 0 Å². The number of amides is 2. The van der Waals surface area contributed by atoms with Crippen molar-refractivity contribution in [2.75, 3.05) is 49.6 Å². The summed E-state index contributed by atoms with van der Waals surface area (Å²) in [4.78, 5) is 21.8. The molecule has 6 nitrogen and oxygen atoms in total. The first kappa shape index (κ1) is 17.0. The standard InChI is InChI=1S/C21H28N4O2/c1-14-19(6-7-20(22-14)24-8-10-27-11-9-24)23-21(26)25-12-17-15-2-3-16(5-4-15)18(17)13-25/h2-3,6-7,15-18H,4-5,8-13H2,1H3,(H,23,26). The summed E-state index contributed by atoms with van der Waals surface area (Å²) in [6.07, 6.45) is 7.39. The Hall–Kier alpha value is -2.08. The molecule has 4 unspecified atom stereocenters. The van der Waals surface area contributed by atoms with E-state index in [0.29, 0.717) is 23.7 Å². The van der Waals surface area contributed by atoms with Crippen molar-refractivity contribution in [1.29, 1.82) is 0 Å². The molecule has 0 spiro atoms. The first-order valence-electron chi connectivity index (χ1n) is 10.2. The molecule has 1 aromatic rings. The van der Waals surface area contributed by atoms with Gasteiger partial charge in [-0.2, -0.15) is 0 Å². The summed E-state index contributed by atoms with van der Waals surface area (Å²) < 4.78 is 5.41. The highest BCUT2D eigenvalue weighted by Gasteiger charge is 2.47. The fraction of sp³-hybridized carbons (Fsp3) is 0.619. The van der Waals surface area contributed by atoms with Crippen molar-refractivity contribution in [3.8, 4) is 0 Å². The highest BCUT2D eigenvalue weighted by molar-refractivity contribution is 5.90. The van der Waals surface area contributed by atoms with Crippen LogP contribution in [-0.2, 0) is 4.74 Å². The van der Waals surface area contributed by atoms with Gasteiger partial charge in [0, 0.05) is 26.2 Å². The average Bonchev–Trinajstić information content (AvgIpc) is 3.19. The number of pyridine rings is 1. The maximum absolute atomic E-state index is 12.9. The molecule has 6 heteroatoms. The lowest BCUT2D eigenvalue weighted by Crippen LogP contribution is -2.37. The summed E-state index contributed by atoms with van der Waals surface area (Å²) in [6.45, 7) is 6.96. The molecule has 2 bridgehead atoms. The summed E-state index contributed by atoms with van der Waals surface area (Å²) in [5, 5.41) is 3.10. The summed E-state index contributed by atoms with van der Waals surface area (Å²) in [7, 11) is 0. The number of rotatable bonds is 2. The van der Waals surface area contributed by atoms with Gasteiger partial charge in [0.2, 0.25) is 0 Å². The van der Waals surface area contributed by atoms with Gasteiger partial charge >= 0.3 is 6.03 Å². The third kappa shape index (κ3) is 3.10. The molecule has 3 aliphatic carbocycles. The van der Waals surface area contributed by atoms with Gasteiger partial charge < -0.3 is 19.9 Å². The predicted octanol–water partition coefficient (Wildman–Crippen LogP) is 2.90. The van der Waals surface area contributed by atoms with Gasteiger partial charge in [0.25, 0.3) is 0 Å². The number of fused-ring (bicyclic) bond motifs is 1. The van der Waals surface area contributed by atoms with Crippen LogP contribution < -0.4 is 10.2 Å². The van der Waals surface area contributed by atoms with Crippen molar-refractivity contribution in [2.45, 2.75) is 19.8 Å². The number of carbonyl (C=O) groups is 1. The Kier molecular flexibility index (Phi) is 4.31. The fourth-order valence-electron chi connectivity index (χ4n) is 5.35. The molecule has 0 radical (unpaired) electrons. The second-order valence-electron chi connectivity index (χ2n) is 8.35. The van der Waals surface area contributed by atoms with Crippen LogP contribution >= 0.6 is 0 Å².